The second-order valence-corrected chi connectivity index (χ2v) is 17.1. The number of unbranched alkanes of at least 4 members (excludes halogenated alkanes) is 10. The lowest BCUT2D eigenvalue weighted by Gasteiger charge is -1.98. The van der Waals surface area contributed by atoms with Crippen LogP contribution in [0.1, 0.15) is 120 Å². The summed E-state index contributed by atoms with van der Waals surface area (Å²) in [5.41, 5.74) is 0. The number of thiophene rings is 5. The third-order valence-electron chi connectivity index (χ3n) is 7.80. The lowest BCUT2D eigenvalue weighted by atomic mass is 10.1. The van der Waals surface area contributed by atoms with E-state index in [-0.39, 0.29) is 0 Å². The summed E-state index contributed by atoms with van der Waals surface area (Å²) in [7, 11) is 0. The molecule has 5 heterocycles. The fourth-order valence-corrected chi connectivity index (χ4v) is 9.95. The van der Waals surface area contributed by atoms with Crippen LogP contribution < -0.4 is 0 Å². The van der Waals surface area contributed by atoms with Gasteiger partial charge < -0.3 is 0 Å². The summed E-state index contributed by atoms with van der Waals surface area (Å²) < 4.78 is 0. The van der Waals surface area contributed by atoms with E-state index >= 15 is 0 Å². The highest BCUT2D eigenvalue weighted by Gasteiger charge is 2.09. The molecule has 0 nitrogen and oxygen atoms in total. The molecule has 0 saturated carbocycles. The minimum Gasteiger partial charge on any atom is -0.134 e. The second-order valence-electron chi connectivity index (χ2n) is 11.6. The lowest BCUT2D eigenvalue weighted by molar-refractivity contribution is 0.609. The normalized spacial score (nSPS) is 10.9. The Balaban J connectivity index is 1.11. The highest BCUT2D eigenvalue weighted by molar-refractivity contribution is 7.26. The summed E-state index contributed by atoms with van der Waals surface area (Å²) in [5.74, 6) is 13.7. The molecule has 0 unspecified atom stereocenters. The molecule has 0 atom stereocenters. The van der Waals surface area contributed by atoms with Crippen LogP contribution in [0.15, 0.2) is 60.7 Å². The maximum Gasteiger partial charge on any atom is 0.0779 e. The molecule has 0 aliphatic heterocycles. The molecular weight excluding hydrogens is 641 g/mol. The van der Waals surface area contributed by atoms with Gasteiger partial charge in [-0.15, -0.1) is 56.7 Å². The number of aryl methyl sites for hydroxylation is 2. The molecule has 234 valence electrons. The summed E-state index contributed by atoms with van der Waals surface area (Å²) in [6.45, 7) is 4.55. The van der Waals surface area contributed by atoms with Crippen molar-refractivity contribution in [3.8, 4) is 43.2 Å². The van der Waals surface area contributed by atoms with Crippen molar-refractivity contribution in [3.63, 3.8) is 0 Å². The topological polar surface area (TPSA) is 0 Å². The first kappa shape index (κ1) is 34.0. The van der Waals surface area contributed by atoms with Gasteiger partial charge in [-0.1, -0.05) is 78.1 Å². The number of hydrogen-bond donors (Lipinski definition) is 0. The Morgan fingerprint density at radius 2 is 0.689 bits per heavy atom. The summed E-state index contributed by atoms with van der Waals surface area (Å²) in [5, 5.41) is 0. The van der Waals surface area contributed by atoms with E-state index in [9.17, 15) is 0 Å². The van der Waals surface area contributed by atoms with Crippen LogP contribution in [-0.2, 0) is 12.8 Å². The average molecular weight is 685 g/mol. The highest BCUT2D eigenvalue weighted by Crippen LogP contribution is 2.40. The first-order valence-corrected chi connectivity index (χ1v) is 20.8. The van der Waals surface area contributed by atoms with E-state index in [1.54, 1.807) is 22.7 Å². The predicted molar refractivity (Wildman–Crippen MR) is 206 cm³/mol. The van der Waals surface area contributed by atoms with E-state index in [1.807, 2.05) is 34.0 Å². The third kappa shape index (κ3) is 11.1. The van der Waals surface area contributed by atoms with Crippen LogP contribution >= 0.6 is 56.7 Å². The first-order chi connectivity index (χ1) is 22.2. The van der Waals surface area contributed by atoms with Gasteiger partial charge in [0.1, 0.15) is 0 Å². The maximum atomic E-state index is 3.42. The molecule has 5 aromatic heterocycles. The fraction of sp³-hybridized carbons (Fsp3) is 0.400. The van der Waals surface area contributed by atoms with Gasteiger partial charge in [-0.05, 0) is 110 Å². The second kappa shape index (κ2) is 18.7. The van der Waals surface area contributed by atoms with Crippen molar-refractivity contribution in [1.29, 1.82) is 0 Å². The zero-order chi connectivity index (χ0) is 31.1. The monoisotopic (exact) mass is 684 g/mol. The van der Waals surface area contributed by atoms with Crippen LogP contribution in [0.3, 0.4) is 0 Å². The van der Waals surface area contributed by atoms with Gasteiger partial charge in [0.15, 0.2) is 0 Å². The molecule has 0 radical (unpaired) electrons. The molecule has 45 heavy (non-hydrogen) atoms. The van der Waals surface area contributed by atoms with Crippen molar-refractivity contribution in [2.24, 2.45) is 0 Å². The summed E-state index contributed by atoms with van der Waals surface area (Å²) in [6, 6.07) is 22.2. The van der Waals surface area contributed by atoms with Gasteiger partial charge in [0.2, 0.25) is 0 Å². The first-order valence-electron chi connectivity index (χ1n) is 16.7. The Morgan fingerprint density at radius 1 is 0.356 bits per heavy atom. The molecule has 0 fully saturated rings. The average Bonchev–Trinajstić information content (AvgIpc) is 3.89. The molecule has 5 heteroatoms. The van der Waals surface area contributed by atoms with Crippen LogP contribution in [0, 0.1) is 23.7 Å². The lowest BCUT2D eigenvalue weighted by Crippen LogP contribution is -1.82. The maximum absolute atomic E-state index is 3.42. The quantitative estimate of drug-likeness (QED) is 0.0717. The van der Waals surface area contributed by atoms with E-state index in [4.69, 9.17) is 0 Å². The van der Waals surface area contributed by atoms with E-state index < -0.39 is 0 Å². The van der Waals surface area contributed by atoms with Crippen molar-refractivity contribution in [1.82, 2.24) is 0 Å². The largest absolute Gasteiger partial charge is 0.134 e. The number of rotatable bonds is 16. The van der Waals surface area contributed by atoms with E-state index in [0.717, 1.165) is 9.75 Å². The molecule has 5 rings (SSSR count). The summed E-state index contributed by atoms with van der Waals surface area (Å²) in [6.07, 6.45) is 18.6. The van der Waals surface area contributed by atoms with Gasteiger partial charge in [-0.25, -0.2) is 0 Å². The zero-order valence-electron chi connectivity index (χ0n) is 26.7. The SMILES string of the molecule is CCCCCCCCc1ccc(C#Cc2ccc(-c3ccc(-c4ccc(C#Cc5ccc(CCCCCCCC)s5)s4)s3)s2)s1. The molecular formula is C40H44S5. The fourth-order valence-electron chi connectivity index (χ4n) is 5.24. The Labute approximate surface area is 291 Å². The Kier molecular flexibility index (Phi) is 14.1. The van der Waals surface area contributed by atoms with Crippen molar-refractivity contribution >= 4 is 56.7 Å². The molecule has 5 aromatic rings. The molecule has 0 aromatic carbocycles. The van der Waals surface area contributed by atoms with Gasteiger partial charge in [0.05, 0.1) is 19.5 Å². The van der Waals surface area contributed by atoms with Gasteiger partial charge in [-0.2, -0.15) is 0 Å². The minimum atomic E-state index is 1.13. The van der Waals surface area contributed by atoms with Gasteiger partial charge in [-0.3, -0.25) is 0 Å². The van der Waals surface area contributed by atoms with Gasteiger partial charge in [0.25, 0.3) is 0 Å². The molecule has 0 aliphatic carbocycles. The van der Waals surface area contributed by atoms with Crippen LogP contribution in [0.25, 0.3) is 19.5 Å². The van der Waals surface area contributed by atoms with Crippen LogP contribution in [0.5, 0.6) is 0 Å². The molecule has 0 N–H and O–H groups in total. The molecule has 0 amide bonds. The van der Waals surface area contributed by atoms with Crippen molar-refractivity contribution in [2.75, 3.05) is 0 Å². The minimum absolute atomic E-state index is 1.13. The Morgan fingerprint density at radius 3 is 1.13 bits per heavy atom. The van der Waals surface area contributed by atoms with E-state index in [2.05, 4.69) is 98.2 Å². The van der Waals surface area contributed by atoms with E-state index in [0.29, 0.717) is 0 Å². The number of hydrogen-bond acceptors (Lipinski definition) is 5. The van der Waals surface area contributed by atoms with Crippen molar-refractivity contribution < 1.29 is 0 Å². The van der Waals surface area contributed by atoms with Crippen LogP contribution in [-0.4, -0.2) is 0 Å². The van der Waals surface area contributed by atoms with Gasteiger partial charge >= 0.3 is 0 Å². The van der Waals surface area contributed by atoms with Crippen molar-refractivity contribution in [2.45, 2.75) is 104 Å². The Hall–Kier alpha value is -2.38. The van der Waals surface area contributed by atoms with Crippen LogP contribution in [0.2, 0.25) is 0 Å². The van der Waals surface area contributed by atoms with Gasteiger partial charge in [0, 0.05) is 29.3 Å². The third-order valence-corrected chi connectivity index (χ3v) is 13.4. The van der Waals surface area contributed by atoms with Crippen LogP contribution in [0.4, 0.5) is 0 Å². The zero-order valence-corrected chi connectivity index (χ0v) is 30.8. The summed E-state index contributed by atoms with van der Waals surface area (Å²) >= 11 is 9.16. The predicted octanol–water partition coefficient (Wildman–Crippen LogP) is 13.9. The molecule has 0 aliphatic rings. The standard InChI is InChI=1S/C40H44S5/c1-3-5-7-9-11-13-15-31-17-19-33(41-31)21-23-35-25-27-37(43-35)39-29-30-40(45-39)38-28-26-36(44-38)24-22-34-20-18-32(42-34)16-14-12-10-8-6-4-2/h17-20,25-30H,3-16H2,1-2H3. The smallest absolute Gasteiger partial charge is 0.0779 e. The van der Waals surface area contributed by atoms with E-state index in [1.165, 1.54) is 129 Å². The molecule has 0 spiro atoms. The molecule has 0 saturated heterocycles. The Bertz CT molecular complexity index is 1580. The van der Waals surface area contributed by atoms with Crippen molar-refractivity contribution in [3.05, 3.63) is 89.9 Å². The highest BCUT2D eigenvalue weighted by atomic mass is 32.1. The molecule has 0 bridgehead atoms. The summed E-state index contributed by atoms with van der Waals surface area (Å²) in [4.78, 5) is 12.7.